The lowest BCUT2D eigenvalue weighted by molar-refractivity contribution is 0.0762. The second-order valence-electron chi connectivity index (χ2n) is 5.54. The third kappa shape index (κ3) is 5.10. The Morgan fingerprint density at radius 1 is 1.18 bits per heavy atom. The molecule has 124 valence electrons. The lowest BCUT2D eigenvalue weighted by Crippen LogP contribution is -2.32. The summed E-state index contributed by atoms with van der Waals surface area (Å²) in [6, 6.07) is 5.94. The van der Waals surface area contributed by atoms with Crippen molar-refractivity contribution >= 4 is 15.9 Å². The van der Waals surface area contributed by atoms with E-state index in [-0.39, 0.29) is 16.8 Å². The van der Waals surface area contributed by atoms with Crippen LogP contribution in [0, 0.1) is 0 Å². The van der Waals surface area contributed by atoms with E-state index in [9.17, 15) is 13.2 Å². The monoisotopic (exact) mass is 326 g/mol. The molecule has 0 heterocycles. The summed E-state index contributed by atoms with van der Waals surface area (Å²) in [5, 5.41) is 0. The first-order valence-electron chi connectivity index (χ1n) is 7.73. The Balaban J connectivity index is 2.90. The van der Waals surface area contributed by atoms with Gasteiger partial charge < -0.3 is 4.90 Å². The molecule has 1 rings (SSSR count). The number of benzene rings is 1. The van der Waals surface area contributed by atoms with Gasteiger partial charge in [0.15, 0.2) is 0 Å². The molecule has 1 aromatic carbocycles. The number of carbonyl (C=O) groups is 1. The molecule has 0 unspecified atom stereocenters. The van der Waals surface area contributed by atoms with E-state index in [1.807, 2.05) is 6.92 Å². The Morgan fingerprint density at radius 2 is 1.77 bits per heavy atom. The smallest absolute Gasteiger partial charge is 0.253 e. The second kappa shape index (κ2) is 8.29. The number of hydrogen-bond acceptors (Lipinski definition) is 3. The van der Waals surface area contributed by atoms with Crippen LogP contribution in [0.3, 0.4) is 0 Å². The zero-order valence-electron chi connectivity index (χ0n) is 13.8. The zero-order valence-corrected chi connectivity index (χ0v) is 14.6. The van der Waals surface area contributed by atoms with Gasteiger partial charge in [0.2, 0.25) is 10.0 Å². The van der Waals surface area contributed by atoms with E-state index in [0.29, 0.717) is 12.1 Å². The highest BCUT2D eigenvalue weighted by molar-refractivity contribution is 7.89. The summed E-state index contributed by atoms with van der Waals surface area (Å²) < 4.78 is 26.6. The molecule has 1 N–H and O–H groups in total. The Bertz CT molecular complexity index is 580. The van der Waals surface area contributed by atoms with Crippen LogP contribution in [-0.2, 0) is 10.0 Å². The van der Waals surface area contributed by atoms with Crippen LogP contribution < -0.4 is 4.72 Å². The topological polar surface area (TPSA) is 66.5 Å². The Morgan fingerprint density at radius 3 is 2.23 bits per heavy atom. The summed E-state index contributed by atoms with van der Waals surface area (Å²) in [6.45, 7) is 8.93. The molecule has 1 aromatic rings. The molecule has 0 aromatic heterocycles. The molecule has 0 saturated carbocycles. The zero-order chi connectivity index (χ0) is 16.8. The highest BCUT2D eigenvalue weighted by Crippen LogP contribution is 2.13. The number of amides is 1. The molecule has 22 heavy (non-hydrogen) atoms. The van der Waals surface area contributed by atoms with Crippen LogP contribution in [0.4, 0.5) is 0 Å². The van der Waals surface area contributed by atoms with E-state index in [2.05, 4.69) is 11.6 Å². The number of hydrogen-bond donors (Lipinski definition) is 1. The summed E-state index contributed by atoms with van der Waals surface area (Å²) >= 11 is 0. The molecule has 0 radical (unpaired) electrons. The summed E-state index contributed by atoms with van der Waals surface area (Å²) in [7, 11) is -3.52. The highest BCUT2D eigenvalue weighted by atomic mass is 32.2. The molecule has 0 aliphatic carbocycles. The molecular formula is C16H26N2O3S. The average Bonchev–Trinajstić information content (AvgIpc) is 2.46. The van der Waals surface area contributed by atoms with E-state index in [1.54, 1.807) is 30.9 Å². The minimum absolute atomic E-state index is 0.0586. The molecule has 0 aliphatic rings. The quantitative estimate of drug-likeness (QED) is 0.798. The maximum Gasteiger partial charge on any atom is 0.253 e. The van der Waals surface area contributed by atoms with Crippen molar-refractivity contribution in [3.8, 4) is 0 Å². The number of nitrogens with one attached hydrogen (secondary N) is 1. The molecule has 5 nitrogen and oxygen atoms in total. The first-order chi connectivity index (χ1) is 10.3. The fraction of sp³-hybridized carbons (Fsp3) is 0.562. The van der Waals surface area contributed by atoms with Crippen LogP contribution in [-0.4, -0.2) is 38.4 Å². The van der Waals surface area contributed by atoms with Crippen molar-refractivity contribution in [3.05, 3.63) is 29.8 Å². The van der Waals surface area contributed by atoms with Crippen LogP contribution in [0.1, 0.15) is 50.9 Å². The molecule has 0 spiro atoms. The predicted octanol–water partition coefficient (Wildman–Crippen LogP) is 2.64. The van der Waals surface area contributed by atoms with Crippen LogP contribution in [0.25, 0.3) is 0 Å². The molecule has 0 atom stereocenters. The fourth-order valence-electron chi connectivity index (χ4n) is 2.09. The third-order valence-electron chi connectivity index (χ3n) is 3.25. The summed E-state index contributed by atoms with van der Waals surface area (Å²) in [5.41, 5.74) is 0.515. The number of rotatable bonds is 8. The van der Waals surface area contributed by atoms with Gasteiger partial charge in [0.25, 0.3) is 5.91 Å². The van der Waals surface area contributed by atoms with Gasteiger partial charge in [-0.1, -0.05) is 13.3 Å². The molecular weight excluding hydrogens is 300 g/mol. The van der Waals surface area contributed by atoms with Gasteiger partial charge in [-0.15, -0.1) is 0 Å². The van der Waals surface area contributed by atoms with Crippen LogP contribution in [0.5, 0.6) is 0 Å². The van der Waals surface area contributed by atoms with E-state index in [1.165, 1.54) is 12.1 Å². The number of sulfonamides is 1. The van der Waals surface area contributed by atoms with Crippen LogP contribution >= 0.6 is 0 Å². The van der Waals surface area contributed by atoms with E-state index < -0.39 is 10.0 Å². The van der Waals surface area contributed by atoms with Crippen LogP contribution in [0.2, 0.25) is 0 Å². The Kier molecular flexibility index (Phi) is 7.03. The minimum atomic E-state index is -3.52. The Hall–Kier alpha value is -1.40. The largest absolute Gasteiger partial charge is 0.339 e. The number of carbonyl (C=O) groups excluding carboxylic acids is 1. The molecule has 6 heteroatoms. The summed E-state index contributed by atoms with van der Waals surface area (Å²) in [6.07, 6.45) is 1.99. The Labute approximate surface area is 133 Å². The number of nitrogens with zero attached hydrogens (tertiary/aromatic N) is 1. The van der Waals surface area contributed by atoms with Gasteiger partial charge in [0.05, 0.1) is 4.90 Å². The molecule has 0 fully saturated rings. The standard InChI is InChI=1S/C16H26N2O3S/c1-5-7-12-18(6-2)16(19)14-8-10-15(11-9-14)22(20,21)17-13(3)4/h8-11,13,17H,5-7,12H2,1-4H3. The van der Waals surface area contributed by atoms with E-state index in [4.69, 9.17) is 0 Å². The van der Waals surface area contributed by atoms with Gasteiger partial charge in [-0.3, -0.25) is 4.79 Å². The maximum absolute atomic E-state index is 12.4. The first kappa shape index (κ1) is 18.6. The minimum Gasteiger partial charge on any atom is -0.339 e. The molecule has 0 saturated heterocycles. The SMILES string of the molecule is CCCCN(CC)C(=O)c1ccc(S(=O)(=O)NC(C)C)cc1. The summed E-state index contributed by atoms with van der Waals surface area (Å²) in [4.78, 5) is 14.3. The maximum atomic E-state index is 12.4. The van der Waals surface area contributed by atoms with Crippen molar-refractivity contribution in [3.63, 3.8) is 0 Å². The second-order valence-corrected chi connectivity index (χ2v) is 7.25. The average molecular weight is 326 g/mol. The van der Waals surface area contributed by atoms with E-state index in [0.717, 1.165) is 19.4 Å². The van der Waals surface area contributed by atoms with Gasteiger partial charge in [0, 0.05) is 24.7 Å². The van der Waals surface area contributed by atoms with Crippen LogP contribution in [0.15, 0.2) is 29.2 Å². The van der Waals surface area contributed by atoms with Gasteiger partial charge >= 0.3 is 0 Å². The molecule has 0 bridgehead atoms. The lowest BCUT2D eigenvalue weighted by atomic mass is 10.2. The van der Waals surface area contributed by atoms with Crippen molar-refractivity contribution in [1.29, 1.82) is 0 Å². The van der Waals surface area contributed by atoms with Crippen molar-refractivity contribution in [2.24, 2.45) is 0 Å². The highest BCUT2D eigenvalue weighted by Gasteiger charge is 2.17. The van der Waals surface area contributed by atoms with Crippen molar-refractivity contribution in [2.45, 2.75) is 51.5 Å². The summed E-state index contributed by atoms with van der Waals surface area (Å²) in [5.74, 6) is -0.0586. The predicted molar refractivity (Wildman–Crippen MR) is 88.4 cm³/mol. The first-order valence-corrected chi connectivity index (χ1v) is 9.21. The fourth-order valence-corrected chi connectivity index (χ4v) is 3.34. The van der Waals surface area contributed by atoms with Gasteiger partial charge in [-0.25, -0.2) is 13.1 Å². The number of unbranched alkanes of at least 4 members (excludes halogenated alkanes) is 1. The molecule has 1 amide bonds. The van der Waals surface area contributed by atoms with Crippen molar-refractivity contribution in [2.75, 3.05) is 13.1 Å². The van der Waals surface area contributed by atoms with Gasteiger partial charge in [-0.2, -0.15) is 0 Å². The van der Waals surface area contributed by atoms with Crippen molar-refractivity contribution < 1.29 is 13.2 Å². The lowest BCUT2D eigenvalue weighted by Gasteiger charge is -2.20. The normalized spacial score (nSPS) is 11.7. The van der Waals surface area contributed by atoms with Gasteiger partial charge in [0.1, 0.15) is 0 Å². The third-order valence-corrected chi connectivity index (χ3v) is 4.93. The van der Waals surface area contributed by atoms with Gasteiger partial charge in [-0.05, 0) is 51.5 Å². The van der Waals surface area contributed by atoms with Crippen molar-refractivity contribution in [1.82, 2.24) is 9.62 Å². The van der Waals surface area contributed by atoms with E-state index >= 15 is 0 Å². The molecule has 0 aliphatic heterocycles.